The van der Waals surface area contributed by atoms with Crippen LogP contribution in [0.1, 0.15) is 35.0 Å². The minimum absolute atomic E-state index is 0.0382. The second-order valence-electron chi connectivity index (χ2n) is 6.49. The van der Waals surface area contributed by atoms with Crippen molar-refractivity contribution in [1.82, 2.24) is 9.88 Å². The van der Waals surface area contributed by atoms with Crippen molar-refractivity contribution in [2.24, 2.45) is 0 Å². The number of halogens is 2. The van der Waals surface area contributed by atoms with Crippen LogP contribution in [0.3, 0.4) is 0 Å². The number of hydrogen-bond donors (Lipinski definition) is 0. The lowest BCUT2D eigenvalue weighted by molar-refractivity contribution is -0.0498. The third kappa shape index (κ3) is 3.77. The Morgan fingerprint density at radius 2 is 1.81 bits per heavy atom. The van der Waals surface area contributed by atoms with E-state index in [1.807, 2.05) is 24.3 Å². The van der Waals surface area contributed by atoms with Crippen LogP contribution in [-0.2, 0) is 0 Å². The topological polar surface area (TPSA) is 55.6 Å². The van der Waals surface area contributed by atoms with Crippen molar-refractivity contribution in [3.63, 3.8) is 0 Å². The van der Waals surface area contributed by atoms with Gasteiger partial charge in [0.1, 0.15) is 11.3 Å². The number of aromatic nitrogens is 1. The summed E-state index contributed by atoms with van der Waals surface area (Å²) in [5.74, 6) is 0.825. The molecule has 3 aromatic rings. The molecule has 0 radical (unpaired) electrons. The van der Waals surface area contributed by atoms with Gasteiger partial charge in [-0.15, -0.1) is 0 Å². The molecular weight excluding hydrogens is 354 g/mol. The molecule has 1 amide bonds. The number of rotatable bonds is 4. The van der Waals surface area contributed by atoms with Gasteiger partial charge in [0.2, 0.25) is 0 Å². The Kier molecular flexibility index (Phi) is 4.75. The van der Waals surface area contributed by atoms with Crippen molar-refractivity contribution in [2.75, 3.05) is 13.1 Å². The maximum absolute atomic E-state index is 12.6. The van der Waals surface area contributed by atoms with E-state index in [-0.39, 0.29) is 17.6 Å². The molecule has 0 aliphatic carbocycles. The van der Waals surface area contributed by atoms with E-state index in [4.69, 9.17) is 4.42 Å². The molecule has 0 spiro atoms. The molecule has 1 fully saturated rings. The number of oxazole rings is 1. The fourth-order valence-electron chi connectivity index (χ4n) is 3.36. The highest BCUT2D eigenvalue weighted by Crippen LogP contribution is 2.30. The number of alkyl halides is 2. The lowest BCUT2D eigenvalue weighted by atomic mass is 9.96. The maximum atomic E-state index is 12.6. The third-order valence-corrected chi connectivity index (χ3v) is 4.77. The van der Waals surface area contributed by atoms with E-state index in [1.165, 1.54) is 24.3 Å². The van der Waals surface area contributed by atoms with Crippen molar-refractivity contribution in [3.8, 4) is 5.75 Å². The van der Waals surface area contributed by atoms with Gasteiger partial charge in [0.05, 0.1) is 0 Å². The summed E-state index contributed by atoms with van der Waals surface area (Å²) < 4.78 is 34.6. The zero-order valence-electron chi connectivity index (χ0n) is 14.5. The minimum atomic E-state index is -2.88. The SMILES string of the molecule is O=C(c1ccc(OC(F)F)cc1)N1CCC(c2nc3ccccc3o2)CC1. The number of carbonyl (C=O) groups is 1. The molecule has 0 atom stereocenters. The number of hydrogen-bond acceptors (Lipinski definition) is 4. The van der Waals surface area contributed by atoms with Gasteiger partial charge in [-0.05, 0) is 49.2 Å². The number of likely N-dealkylation sites (tertiary alicyclic amines) is 1. The number of fused-ring (bicyclic) bond motifs is 1. The first-order chi connectivity index (χ1) is 13.1. The van der Waals surface area contributed by atoms with E-state index in [1.54, 1.807) is 4.90 Å². The number of nitrogens with zero attached hydrogens (tertiary/aromatic N) is 2. The van der Waals surface area contributed by atoms with Crippen molar-refractivity contribution in [3.05, 3.63) is 60.0 Å². The van der Waals surface area contributed by atoms with Crippen molar-refractivity contribution in [1.29, 1.82) is 0 Å². The molecule has 0 unspecified atom stereocenters. The highest BCUT2D eigenvalue weighted by Gasteiger charge is 2.27. The normalized spacial score (nSPS) is 15.4. The molecule has 1 aliphatic rings. The molecule has 0 saturated carbocycles. The van der Waals surface area contributed by atoms with Crippen LogP contribution in [-0.4, -0.2) is 35.5 Å². The second kappa shape index (κ2) is 7.34. The Bertz CT molecular complexity index is 899. The molecule has 140 valence electrons. The van der Waals surface area contributed by atoms with Gasteiger partial charge in [-0.2, -0.15) is 8.78 Å². The van der Waals surface area contributed by atoms with Crippen LogP contribution in [0.25, 0.3) is 11.1 Å². The molecule has 2 aromatic carbocycles. The number of benzene rings is 2. The summed E-state index contributed by atoms with van der Waals surface area (Å²) in [5.41, 5.74) is 2.08. The quantitative estimate of drug-likeness (QED) is 0.679. The molecule has 0 bridgehead atoms. The molecule has 1 aliphatic heterocycles. The first-order valence-corrected chi connectivity index (χ1v) is 8.80. The lowest BCUT2D eigenvalue weighted by Gasteiger charge is -2.30. The van der Waals surface area contributed by atoms with Crippen molar-refractivity contribution in [2.45, 2.75) is 25.4 Å². The van der Waals surface area contributed by atoms with E-state index in [9.17, 15) is 13.6 Å². The molecule has 7 heteroatoms. The zero-order chi connectivity index (χ0) is 18.8. The van der Waals surface area contributed by atoms with Gasteiger partial charge in [0.15, 0.2) is 11.5 Å². The highest BCUT2D eigenvalue weighted by molar-refractivity contribution is 5.94. The van der Waals surface area contributed by atoms with Gasteiger partial charge in [-0.3, -0.25) is 4.79 Å². The van der Waals surface area contributed by atoms with Gasteiger partial charge in [0, 0.05) is 24.6 Å². The number of amides is 1. The van der Waals surface area contributed by atoms with Crippen LogP contribution in [0.2, 0.25) is 0 Å². The predicted octanol–water partition coefficient (Wildman–Crippen LogP) is 4.45. The van der Waals surface area contributed by atoms with Gasteiger partial charge < -0.3 is 14.1 Å². The summed E-state index contributed by atoms with van der Waals surface area (Å²) in [7, 11) is 0. The predicted molar refractivity (Wildman–Crippen MR) is 95.0 cm³/mol. The summed E-state index contributed by atoms with van der Waals surface area (Å²) in [5, 5.41) is 0. The van der Waals surface area contributed by atoms with Crippen LogP contribution in [0, 0.1) is 0 Å². The number of ether oxygens (including phenoxy) is 1. The summed E-state index contributed by atoms with van der Waals surface area (Å²) in [6.07, 6.45) is 1.54. The third-order valence-electron chi connectivity index (χ3n) is 4.77. The molecule has 4 rings (SSSR count). The van der Waals surface area contributed by atoms with Crippen LogP contribution in [0.15, 0.2) is 52.9 Å². The summed E-state index contributed by atoms with van der Waals surface area (Å²) in [6, 6.07) is 13.4. The maximum Gasteiger partial charge on any atom is 0.387 e. The fraction of sp³-hybridized carbons (Fsp3) is 0.300. The Morgan fingerprint density at radius 1 is 1.11 bits per heavy atom. The summed E-state index contributed by atoms with van der Waals surface area (Å²) in [6.45, 7) is -1.69. The highest BCUT2D eigenvalue weighted by atomic mass is 19.3. The largest absolute Gasteiger partial charge is 0.440 e. The van der Waals surface area contributed by atoms with Gasteiger partial charge in [0.25, 0.3) is 5.91 Å². The van der Waals surface area contributed by atoms with E-state index < -0.39 is 6.61 Å². The first-order valence-electron chi connectivity index (χ1n) is 8.80. The van der Waals surface area contributed by atoms with Crippen LogP contribution >= 0.6 is 0 Å². The van der Waals surface area contributed by atoms with Crippen molar-refractivity contribution < 1.29 is 22.7 Å². The molecule has 2 heterocycles. The minimum Gasteiger partial charge on any atom is -0.440 e. The van der Waals surface area contributed by atoms with Crippen molar-refractivity contribution >= 4 is 17.0 Å². The Morgan fingerprint density at radius 3 is 2.48 bits per heavy atom. The summed E-state index contributed by atoms with van der Waals surface area (Å²) >= 11 is 0. The molecule has 5 nitrogen and oxygen atoms in total. The Hall–Kier alpha value is -2.96. The summed E-state index contributed by atoms with van der Waals surface area (Å²) in [4.78, 5) is 18.9. The van der Waals surface area contributed by atoms with Gasteiger partial charge in [-0.1, -0.05) is 12.1 Å². The number of para-hydroxylation sites is 2. The van der Waals surface area contributed by atoms with E-state index >= 15 is 0 Å². The fourth-order valence-corrected chi connectivity index (χ4v) is 3.36. The standard InChI is InChI=1S/C20H18F2N2O3/c21-20(22)26-15-7-5-14(6-8-15)19(25)24-11-9-13(10-12-24)18-23-16-3-1-2-4-17(16)27-18/h1-8,13,20H,9-12H2. The Labute approximate surface area is 154 Å². The lowest BCUT2D eigenvalue weighted by Crippen LogP contribution is -2.37. The van der Waals surface area contributed by atoms with Crippen LogP contribution in [0.5, 0.6) is 5.75 Å². The monoisotopic (exact) mass is 372 g/mol. The Balaban J connectivity index is 1.39. The van der Waals surface area contributed by atoms with Crippen LogP contribution < -0.4 is 4.74 Å². The van der Waals surface area contributed by atoms with Gasteiger partial charge >= 0.3 is 6.61 Å². The van der Waals surface area contributed by atoms with E-state index in [0.717, 1.165) is 29.8 Å². The van der Waals surface area contributed by atoms with E-state index in [2.05, 4.69) is 9.72 Å². The second-order valence-corrected chi connectivity index (χ2v) is 6.49. The molecule has 0 N–H and O–H groups in total. The van der Waals surface area contributed by atoms with Gasteiger partial charge in [-0.25, -0.2) is 4.98 Å². The molecule has 27 heavy (non-hydrogen) atoms. The van der Waals surface area contributed by atoms with E-state index in [0.29, 0.717) is 18.7 Å². The number of carbonyl (C=O) groups excluding carboxylic acids is 1. The molecule has 1 aromatic heterocycles. The average molecular weight is 372 g/mol. The average Bonchev–Trinajstić information content (AvgIpc) is 3.12. The van der Waals surface area contributed by atoms with Crippen LogP contribution in [0.4, 0.5) is 8.78 Å². The zero-order valence-corrected chi connectivity index (χ0v) is 14.5. The molecular formula is C20H18F2N2O3. The first kappa shape index (κ1) is 17.5. The smallest absolute Gasteiger partial charge is 0.387 e. The number of piperidine rings is 1. The molecule has 1 saturated heterocycles.